The largest absolute Gasteiger partial charge is 0.445 e. The molecule has 1 atom stereocenters. The third-order valence-corrected chi connectivity index (χ3v) is 5.17. The quantitative estimate of drug-likeness (QED) is 0.818. The molecule has 0 aromatic heterocycles. The van der Waals surface area contributed by atoms with E-state index >= 15 is 0 Å². The zero-order valence-electron chi connectivity index (χ0n) is 15.0. The molecule has 25 heavy (non-hydrogen) atoms. The van der Waals surface area contributed by atoms with Crippen LogP contribution < -0.4 is 0 Å². The molecule has 4 heteroatoms. The Morgan fingerprint density at radius 3 is 2.20 bits per heavy atom. The molecule has 0 N–H and O–H groups in total. The predicted octanol–water partition coefficient (Wildman–Crippen LogP) is 4.22. The predicted molar refractivity (Wildman–Crippen MR) is 99.0 cm³/mol. The van der Waals surface area contributed by atoms with Gasteiger partial charge in [0.25, 0.3) is 0 Å². The maximum absolute atomic E-state index is 12.8. The molecule has 0 radical (unpaired) electrons. The first-order valence-electron chi connectivity index (χ1n) is 8.87. The Morgan fingerprint density at radius 1 is 1.04 bits per heavy atom. The average Bonchev–Trinajstić information content (AvgIpc) is 3.21. The Hall–Kier alpha value is -2.33. The first-order chi connectivity index (χ1) is 12.1. The molecule has 2 aromatic rings. The summed E-state index contributed by atoms with van der Waals surface area (Å²) in [7, 11) is 1.83. The highest BCUT2D eigenvalue weighted by Crippen LogP contribution is 2.34. The number of ether oxygens (including phenoxy) is 1. The third-order valence-electron chi connectivity index (χ3n) is 5.17. The topological polar surface area (TPSA) is 32.8 Å². The summed E-state index contributed by atoms with van der Waals surface area (Å²) in [4.78, 5) is 16.9. The number of carbonyl (C=O) groups is 1. The lowest BCUT2D eigenvalue weighted by atomic mass is 9.98. The van der Waals surface area contributed by atoms with Gasteiger partial charge in [0.1, 0.15) is 12.3 Å². The van der Waals surface area contributed by atoms with Crippen molar-refractivity contribution in [1.29, 1.82) is 0 Å². The van der Waals surface area contributed by atoms with Crippen LogP contribution in [0.15, 0.2) is 60.7 Å². The Balaban J connectivity index is 1.79. The normalized spacial score (nSPS) is 17.0. The molecule has 1 fully saturated rings. The SMILES string of the molecule is CN(C(=O)OCc1ccccc1)[C@@](C)(c1ccccc1)N1CCCC1. The van der Waals surface area contributed by atoms with Gasteiger partial charge in [-0.25, -0.2) is 4.79 Å². The van der Waals surface area contributed by atoms with E-state index in [-0.39, 0.29) is 12.7 Å². The van der Waals surface area contributed by atoms with Gasteiger partial charge in [0.2, 0.25) is 0 Å². The van der Waals surface area contributed by atoms with Crippen molar-refractivity contribution >= 4 is 6.09 Å². The second kappa shape index (κ2) is 7.70. The van der Waals surface area contributed by atoms with Gasteiger partial charge in [-0.1, -0.05) is 60.7 Å². The van der Waals surface area contributed by atoms with E-state index < -0.39 is 5.66 Å². The summed E-state index contributed by atoms with van der Waals surface area (Å²) in [6.45, 7) is 4.37. The minimum absolute atomic E-state index is 0.287. The van der Waals surface area contributed by atoms with Crippen molar-refractivity contribution in [2.24, 2.45) is 0 Å². The minimum atomic E-state index is -0.508. The van der Waals surface area contributed by atoms with Gasteiger partial charge in [0.05, 0.1) is 0 Å². The van der Waals surface area contributed by atoms with Gasteiger partial charge < -0.3 is 4.74 Å². The molecule has 0 aliphatic carbocycles. The lowest BCUT2D eigenvalue weighted by molar-refractivity contribution is -0.0221. The van der Waals surface area contributed by atoms with Crippen LogP contribution in [0, 0.1) is 0 Å². The molecule has 1 heterocycles. The standard InChI is InChI=1S/C21H26N2O2/c1-21(23-15-9-10-16-23,19-13-7-4-8-14-19)22(2)20(24)25-17-18-11-5-3-6-12-18/h3-8,11-14H,9-10,15-17H2,1-2H3/t21-/m1/s1. The Labute approximate surface area is 150 Å². The molecule has 0 unspecified atom stereocenters. The lowest BCUT2D eigenvalue weighted by Gasteiger charge is -2.45. The fourth-order valence-electron chi connectivity index (χ4n) is 3.49. The van der Waals surface area contributed by atoms with Crippen LogP contribution in [0.5, 0.6) is 0 Å². The highest BCUT2D eigenvalue weighted by molar-refractivity contribution is 5.68. The Bertz CT molecular complexity index is 684. The zero-order chi connectivity index (χ0) is 17.7. The van der Waals surface area contributed by atoms with Crippen LogP contribution in [-0.4, -0.2) is 36.0 Å². The van der Waals surface area contributed by atoms with Gasteiger partial charge in [0, 0.05) is 20.1 Å². The number of amides is 1. The molecule has 0 saturated carbocycles. The van der Waals surface area contributed by atoms with E-state index in [9.17, 15) is 4.79 Å². The van der Waals surface area contributed by atoms with E-state index in [4.69, 9.17) is 4.74 Å². The summed E-state index contributed by atoms with van der Waals surface area (Å²) < 4.78 is 5.58. The van der Waals surface area contributed by atoms with Crippen molar-refractivity contribution in [3.63, 3.8) is 0 Å². The summed E-state index contributed by atoms with van der Waals surface area (Å²) in [6, 6.07) is 20.0. The van der Waals surface area contributed by atoms with Crippen molar-refractivity contribution < 1.29 is 9.53 Å². The van der Waals surface area contributed by atoms with E-state index in [1.54, 1.807) is 4.90 Å². The Morgan fingerprint density at radius 2 is 1.60 bits per heavy atom. The number of carbonyl (C=O) groups excluding carboxylic acids is 1. The number of nitrogens with zero attached hydrogens (tertiary/aromatic N) is 2. The molecule has 3 rings (SSSR count). The van der Waals surface area contributed by atoms with Gasteiger partial charge in [-0.3, -0.25) is 9.80 Å². The molecule has 1 saturated heterocycles. The monoisotopic (exact) mass is 338 g/mol. The fraction of sp³-hybridized carbons (Fsp3) is 0.381. The maximum atomic E-state index is 12.8. The van der Waals surface area contributed by atoms with Crippen molar-refractivity contribution in [3.05, 3.63) is 71.8 Å². The molecule has 1 aliphatic heterocycles. The number of likely N-dealkylation sites (tertiary alicyclic amines) is 1. The smallest absolute Gasteiger partial charge is 0.411 e. The maximum Gasteiger partial charge on any atom is 0.411 e. The number of rotatable bonds is 5. The molecule has 2 aromatic carbocycles. The molecular formula is C21H26N2O2. The number of benzene rings is 2. The van der Waals surface area contributed by atoms with Crippen LogP contribution in [-0.2, 0) is 17.0 Å². The Kier molecular flexibility index (Phi) is 5.39. The molecule has 1 amide bonds. The van der Waals surface area contributed by atoms with E-state index in [2.05, 4.69) is 24.0 Å². The van der Waals surface area contributed by atoms with Crippen LogP contribution in [0.3, 0.4) is 0 Å². The summed E-state index contributed by atoms with van der Waals surface area (Å²) in [5.41, 5.74) is 1.59. The summed E-state index contributed by atoms with van der Waals surface area (Å²) in [5.74, 6) is 0. The second-order valence-electron chi connectivity index (χ2n) is 6.68. The summed E-state index contributed by atoms with van der Waals surface area (Å²) in [6.07, 6.45) is 2.02. The zero-order valence-corrected chi connectivity index (χ0v) is 15.0. The van der Waals surface area contributed by atoms with E-state index in [0.29, 0.717) is 0 Å². The molecule has 0 spiro atoms. The van der Waals surface area contributed by atoms with E-state index in [1.165, 1.54) is 0 Å². The van der Waals surface area contributed by atoms with Gasteiger partial charge in [0.15, 0.2) is 0 Å². The molecule has 0 bridgehead atoms. The summed E-state index contributed by atoms with van der Waals surface area (Å²) in [5, 5.41) is 0. The van der Waals surface area contributed by atoms with Gasteiger partial charge >= 0.3 is 6.09 Å². The molecule has 132 valence electrons. The van der Waals surface area contributed by atoms with Crippen LogP contribution in [0.1, 0.15) is 30.9 Å². The molecule has 4 nitrogen and oxygen atoms in total. The highest BCUT2D eigenvalue weighted by atomic mass is 16.6. The molecular weight excluding hydrogens is 312 g/mol. The number of hydrogen-bond donors (Lipinski definition) is 0. The van der Waals surface area contributed by atoms with Crippen LogP contribution in [0.25, 0.3) is 0 Å². The van der Waals surface area contributed by atoms with Crippen molar-refractivity contribution in [3.8, 4) is 0 Å². The van der Waals surface area contributed by atoms with Gasteiger partial charge in [-0.15, -0.1) is 0 Å². The first-order valence-corrected chi connectivity index (χ1v) is 8.87. The highest BCUT2D eigenvalue weighted by Gasteiger charge is 2.41. The first kappa shape index (κ1) is 17.5. The second-order valence-corrected chi connectivity index (χ2v) is 6.68. The van der Waals surface area contributed by atoms with Crippen LogP contribution in [0.4, 0.5) is 4.79 Å². The van der Waals surface area contributed by atoms with Crippen LogP contribution >= 0.6 is 0 Å². The van der Waals surface area contributed by atoms with Crippen molar-refractivity contribution in [1.82, 2.24) is 9.80 Å². The van der Waals surface area contributed by atoms with E-state index in [1.807, 2.05) is 55.6 Å². The van der Waals surface area contributed by atoms with Crippen molar-refractivity contribution in [2.75, 3.05) is 20.1 Å². The minimum Gasteiger partial charge on any atom is -0.445 e. The average molecular weight is 338 g/mol. The lowest BCUT2D eigenvalue weighted by Crippen LogP contribution is -2.55. The van der Waals surface area contributed by atoms with E-state index in [0.717, 1.165) is 37.1 Å². The van der Waals surface area contributed by atoms with Gasteiger partial charge in [-0.05, 0) is 30.9 Å². The van der Waals surface area contributed by atoms with Crippen LogP contribution in [0.2, 0.25) is 0 Å². The van der Waals surface area contributed by atoms with Crippen molar-refractivity contribution in [2.45, 2.75) is 32.0 Å². The third kappa shape index (κ3) is 3.69. The summed E-state index contributed by atoms with van der Waals surface area (Å²) >= 11 is 0. The van der Waals surface area contributed by atoms with Gasteiger partial charge in [-0.2, -0.15) is 0 Å². The molecule has 1 aliphatic rings. The fourth-order valence-corrected chi connectivity index (χ4v) is 3.49. The number of hydrogen-bond acceptors (Lipinski definition) is 3.